The summed E-state index contributed by atoms with van der Waals surface area (Å²) >= 11 is 5.94. The summed E-state index contributed by atoms with van der Waals surface area (Å²) in [6.45, 7) is 2.94. The van der Waals surface area contributed by atoms with Gasteiger partial charge in [0.15, 0.2) is 0 Å². The molecule has 3 aromatic carbocycles. The minimum atomic E-state index is -4.24. The van der Waals surface area contributed by atoms with Crippen LogP contribution in [0, 0.1) is 12.7 Å². The van der Waals surface area contributed by atoms with Crippen molar-refractivity contribution in [3.63, 3.8) is 0 Å². The Morgan fingerprint density at radius 2 is 1.67 bits per heavy atom. The molecular weight excluding hydrogens is 505 g/mol. The molecule has 2 amide bonds. The van der Waals surface area contributed by atoms with Crippen molar-refractivity contribution in [2.24, 2.45) is 0 Å². The van der Waals surface area contributed by atoms with Gasteiger partial charge in [-0.05, 0) is 49.7 Å². The summed E-state index contributed by atoms with van der Waals surface area (Å²) in [5, 5.41) is 2.24. The van der Waals surface area contributed by atoms with Crippen molar-refractivity contribution in [1.82, 2.24) is 10.2 Å². The summed E-state index contributed by atoms with van der Waals surface area (Å²) in [5.41, 5.74) is 1.82. The van der Waals surface area contributed by atoms with Crippen molar-refractivity contribution >= 4 is 39.1 Å². The van der Waals surface area contributed by atoms with E-state index >= 15 is 0 Å². The molecule has 3 rings (SSSR count). The third-order valence-corrected chi connectivity index (χ3v) is 7.77. The van der Waals surface area contributed by atoms with Gasteiger partial charge in [0, 0.05) is 13.6 Å². The minimum absolute atomic E-state index is 0.0153. The van der Waals surface area contributed by atoms with E-state index in [9.17, 15) is 22.4 Å². The number of hydrogen-bond donors (Lipinski definition) is 1. The van der Waals surface area contributed by atoms with Gasteiger partial charge in [-0.2, -0.15) is 0 Å². The molecule has 0 radical (unpaired) electrons. The highest BCUT2D eigenvalue weighted by molar-refractivity contribution is 7.92. The van der Waals surface area contributed by atoms with Gasteiger partial charge >= 0.3 is 0 Å². The Kier molecular flexibility index (Phi) is 8.70. The van der Waals surface area contributed by atoms with Crippen LogP contribution in [0.4, 0.5) is 10.1 Å². The number of nitrogens with one attached hydrogen (secondary N) is 1. The van der Waals surface area contributed by atoms with E-state index in [2.05, 4.69) is 5.32 Å². The van der Waals surface area contributed by atoms with E-state index < -0.39 is 40.2 Å². The van der Waals surface area contributed by atoms with Crippen LogP contribution in [0.3, 0.4) is 0 Å². The quantitative estimate of drug-likeness (QED) is 0.449. The molecule has 0 aliphatic rings. The lowest BCUT2D eigenvalue weighted by atomic mass is 10.1. The number of rotatable bonds is 9. The maximum absolute atomic E-state index is 13.9. The number of nitrogens with zero attached hydrogens (tertiary/aromatic N) is 2. The molecule has 0 aliphatic carbocycles. The molecule has 0 saturated heterocycles. The first-order valence-corrected chi connectivity index (χ1v) is 13.0. The van der Waals surface area contributed by atoms with E-state index in [0.29, 0.717) is 0 Å². The fraction of sp³-hybridized carbons (Fsp3) is 0.231. The zero-order chi connectivity index (χ0) is 26.5. The standard InChI is InChI=1S/C26H27ClFN3O4S/c1-18-9-11-20(12-10-18)16-30(19(2)26(33)29-3)25(32)17-31(21-13-14-24(28)23(27)15-21)36(34,35)22-7-5-4-6-8-22/h4-15,19H,16-17H2,1-3H3,(H,29,33)/t19-/m0/s1. The third kappa shape index (κ3) is 6.22. The summed E-state index contributed by atoms with van der Waals surface area (Å²) in [4.78, 5) is 27.3. The van der Waals surface area contributed by atoms with Gasteiger partial charge in [0.2, 0.25) is 11.8 Å². The summed E-state index contributed by atoms with van der Waals surface area (Å²) in [6.07, 6.45) is 0. The summed E-state index contributed by atoms with van der Waals surface area (Å²) < 4.78 is 41.9. The molecule has 0 aliphatic heterocycles. The Labute approximate surface area is 215 Å². The number of anilines is 1. The Morgan fingerprint density at radius 1 is 1.03 bits per heavy atom. The van der Waals surface area contributed by atoms with Crippen molar-refractivity contribution in [3.05, 3.63) is 94.8 Å². The topological polar surface area (TPSA) is 86.8 Å². The van der Waals surface area contributed by atoms with E-state index in [0.717, 1.165) is 27.6 Å². The highest BCUT2D eigenvalue weighted by Gasteiger charge is 2.32. The van der Waals surface area contributed by atoms with Crippen LogP contribution in [-0.2, 0) is 26.2 Å². The van der Waals surface area contributed by atoms with Gasteiger partial charge in [0.1, 0.15) is 18.4 Å². The predicted octanol–water partition coefficient (Wildman–Crippen LogP) is 4.15. The summed E-state index contributed by atoms with van der Waals surface area (Å²) in [5.74, 6) is -1.75. The Balaban J connectivity index is 2.04. The van der Waals surface area contributed by atoms with Crippen LogP contribution in [0.2, 0.25) is 5.02 Å². The minimum Gasteiger partial charge on any atom is -0.357 e. The lowest BCUT2D eigenvalue weighted by Crippen LogP contribution is -2.50. The number of halogens is 2. The molecule has 3 aromatic rings. The van der Waals surface area contributed by atoms with Gasteiger partial charge in [-0.15, -0.1) is 0 Å². The molecule has 0 unspecified atom stereocenters. The first-order valence-electron chi connectivity index (χ1n) is 11.1. The van der Waals surface area contributed by atoms with Crippen molar-refractivity contribution in [1.29, 1.82) is 0 Å². The second-order valence-corrected chi connectivity index (χ2v) is 10.5. The molecule has 0 spiro atoms. The lowest BCUT2D eigenvalue weighted by Gasteiger charge is -2.31. The third-order valence-electron chi connectivity index (χ3n) is 5.69. The van der Waals surface area contributed by atoms with Gasteiger partial charge in [0.25, 0.3) is 10.0 Å². The molecule has 0 aromatic heterocycles. The van der Waals surface area contributed by atoms with E-state index in [1.54, 1.807) is 25.1 Å². The fourth-order valence-electron chi connectivity index (χ4n) is 3.57. The average molecular weight is 532 g/mol. The first kappa shape index (κ1) is 27.2. The normalized spacial score (nSPS) is 12.0. The molecular formula is C26H27ClFN3O4S. The van der Waals surface area contributed by atoms with E-state index in [1.165, 1.54) is 30.1 Å². The number of sulfonamides is 1. The molecule has 0 saturated carbocycles. The van der Waals surface area contributed by atoms with Crippen molar-refractivity contribution in [2.75, 3.05) is 17.9 Å². The van der Waals surface area contributed by atoms with Gasteiger partial charge < -0.3 is 10.2 Å². The van der Waals surface area contributed by atoms with Crippen LogP contribution in [0.25, 0.3) is 0 Å². The number of carbonyl (C=O) groups excluding carboxylic acids is 2. The molecule has 1 atom stereocenters. The van der Waals surface area contributed by atoms with E-state index in [4.69, 9.17) is 11.6 Å². The number of carbonyl (C=O) groups is 2. The van der Waals surface area contributed by atoms with Crippen LogP contribution in [-0.4, -0.2) is 44.8 Å². The average Bonchev–Trinajstić information content (AvgIpc) is 2.88. The van der Waals surface area contributed by atoms with Crippen LogP contribution in [0.15, 0.2) is 77.7 Å². The van der Waals surface area contributed by atoms with Gasteiger partial charge in [-0.3, -0.25) is 13.9 Å². The molecule has 10 heteroatoms. The number of benzene rings is 3. The maximum atomic E-state index is 13.9. The van der Waals surface area contributed by atoms with Crippen molar-refractivity contribution in [2.45, 2.75) is 31.3 Å². The van der Waals surface area contributed by atoms with Crippen molar-refractivity contribution < 1.29 is 22.4 Å². The van der Waals surface area contributed by atoms with Crippen LogP contribution < -0.4 is 9.62 Å². The van der Waals surface area contributed by atoms with Gasteiger partial charge in [-0.1, -0.05) is 59.6 Å². The second kappa shape index (κ2) is 11.5. The van der Waals surface area contributed by atoms with Crippen LogP contribution in [0.1, 0.15) is 18.1 Å². The van der Waals surface area contributed by atoms with E-state index in [-0.39, 0.29) is 22.2 Å². The maximum Gasteiger partial charge on any atom is 0.264 e. The molecule has 7 nitrogen and oxygen atoms in total. The molecule has 190 valence electrons. The van der Waals surface area contributed by atoms with Gasteiger partial charge in [0.05, 0.1) is 15.6 Å². The molecule has 1 N–H and O–H groups in total. The van der Waals surface area contributed by atoms with Crippen LogP contribution >= 0.6 is 11.6 Å². The Hall–Kier alpha value is -3.43. The Bertz CT molecular complexity index is 1340. The SMILES string of the molecule is CNC(=O)[C@H](C)N(Cc1ccc(C)cc1)C(=O)CN(c1ccc(F)c(Cl)c1)S(=O)(=O)c1ccccc1. The highest BCUT2D eigenvalue weighted by atomic mass is 35.5. The largest absolute Gasteiger partial charge is 0.357 e. The monoisotopic (exact) mass is 531 g/mol. The van der Waals surface area contributed by atoms with E-state index in [1.807, 2.05) is 31.2 Å². The number of amides is 2. The van der Waals surface area contributed by atoms with Crippen molar-refractivity contribution in [3.8, 4) is 0 Å². The fourth-order valence-corrected chi connectivity index (χ4v) is 5.17. The highest BCUT2D eigenvalue weighted by Crippen LogP contribution is 2.28. The predicted molar refractivity (Wildman–Crippen MR) is 138 cm³/mol. The first-order chi connectivity index (χ1) is 17.0. The smallest absolute Gasteiger partial charge is 0.264 e. The van der Waals surface area contributed by atoms with Crippen LogP contribution in [0.5, 0.6) is 0 Å². The molecule has 0 fully saturated rings. The van der Waals surface area contributed by atoms with Gasteiger partial charge in [-0.25, -0.2) is 12.8 Å². The summed E-state index contributed by atoms with van der Waals surface area (Å²) in [7, 11) is -2.78. The zero-order valence-corrected chi connectivity index (χ0v) is 21.7. The zero-order valence-electron chi connectivity index (χ0n) is 20.1. The number of aryl methyl sites for hydroxylation is 1. The number of likely N-dealkylation sites (N-methyl/N-ethyl adjacent to an activating group) is 1. The second-order valence-electron chi connectivity index (χ2n) is 8.22. The molecule has 0 bridgehead atoms. The summed E-state index contributed by atoms with van der Waals surface area (Å²) in [6, 6.07) is 17.6. The molecule has 0 heterocycles. The molecule has 36 heavy (non-hydrogen) atoms. The Morgan fingerprint density at radius 3 is 2.25 bits per heavy atom. The lowest BCUT2D eigenvalue weighted by molar-refractivity contribution is -0.139. The number of hydrogen-bond acceptors (Lipinski definition) is 4.